The molecule has 0 aromatic carbocycles. The summed E-state index contributed by atoms with van der Waals surface area (Å²) in [5.74, 6) is 0.994. The van der Waals surface area contributed by atoms with Crippen molar-refractivity contribution < 1.29 is 80.2 Å². The second-order valence-electron chi connectivity index (χ2n) is 29.8. The van der Waals surface area contributed by atoms with Crippen molar-refractivity contribution in [1.82, 2.24) is 0 Å². The lowest BCUT2D eigenvalue weighted by atomic mass is 9.99. The van der Waals surface area contributed by atoms with Gasteiger partial charge in [0, 0.05) is 25.7 Å². The van der Waals surface area contributed by atoms with Crippen molar-refractivity contribution in [3.05, 3.63) is 0 Å². The third-order valence-electron chi connectivity index (χ3n) is 18.4. The van der Waals surface area contributed by atoms with E-state index in [9.17, 15) is 43.2 Å². The van der Waals surface area contributed by atoms with Gasteiger partial charge in [0.05, 0.1) is 26.4 Å². The summed E-state index contributed by atoms with van der Waals surface area (Å²) in [7, 11) is -9.92. The molecule has 0 amide bonds. The second-order valence-corrected chi connectivity index (χ2v) is 32.7. The molecule has 0 spiro atoms. The molecule has 97 heavy (non-hydrogen) atoms. The Morgan fingerprint density at radius 3 is 0.732 bits per heavy atom. The molecule has 6 atom stereocenters. The quantitative estimate of drug-likeness (QED) is 0.0222. The molecule has 576 valence electrons. The summed E-state index contributed by atoms with van der Waals surface area (Å²) >= 11 is 0. The van der Waals surface area contributed by atoms with E-state index in [0.717, 1.165) is 114 Å². The predicted octanol–water partition coefficient (Wildman–Crippen LogP) is 22.8. The van der Waals surface area contributed by atoms with Crippen LogP contribution in [0.15, 0.2) is 0 Å². The number of carbonyl (C=O) groups is 4. The Kier molecular flexibility index (Phi) is 65.9. The number of aliphatic hydroxyl groups excluding tert-OH is 1. The van der Waals surface area contributed by atoms with E-state index in [1.165, 1.54) is 199 Å². The maximum Gasteiger partial charge on any atom is 0.472 e. The lowest BCUT2D eigenvalue weighted by molar-refractivity contribution is -0.161. The molecule has 17 nitrogen and oxygen atoms in total. The fourth-order valence-corrected chi connectivity index (χ4v) is 13.5. The Morgan fingerprint density at radius 2 is 0.495 bits per heavy atom. The predicted molar refractivity (Wildman–Crippen MR) is 395 cm³/mol. The summed E-state index contributed by atoms with van der Waals surface area (Å²) in [5.41, 5.74) is 0. The van der Waals surface area contributed by atoms with E-state index in [1.54, 1.807) is 0 Å². The summed E-state index contributed by atoms with van der Waals surface area (Å²) in [6.07, 6.45) is 52.5. The number of esters is 4. The Morgan fingerprint density at radius 1 is 0.289 bits per heavy atom. The van der Waals surface area contributed by atoms with Gasteiger partial charge in [-0.15, -0.1) is 0 Å². The Labute approximate surface area is 594 Å². The molecule has 3 unspecified atom stereocenters. The minimum atomic E-state index is -4.96. The Hall–Kier alpha value is -1.94. The van der Waals surface area contributed by atoms with Crippen LogP contribution in [0.3, 0.4) is 0 Å². The first kappa shape index (κ1) is 95.1. The van der Waals surface area contributed by atoms with E-state index in [1.807, 2.05) is 0 Å². The standard InChI is InChI=1S/C78H152O17P2/c1-9-71(8)57-49-41-33-28-29-35-43-51-59-76(81)89-65-74(95-78(83)61-53-45-37-27-21-15-18-24-32-40-48-56-70(6)7)67-93-97(86,87)91-63-72(79)62-90-96(84,85)92-66-73(64-88-75(80)58-50-42-34-25-19-14-13-17-23-31-39-47-55-69(4)5)94-77(82)60-52-44-36-26-20-12-10-11-16-22-30-38-46-54-68(2)3/h68-74,79H,9-67H2,1-8H3,(H,84,85)(H,86,87)/t71?,72-,73-,74-/m1/s1. The van der Waals surface area contributed by atoms with Crippen LogP contribution in [0.1, 0.15) is 396 Å². The number of hydrogen-bond donors (Lipinski definition) is 3. The van der Waals surface area contributed by atoms with Crippen LogP contribution in [-0.4, -0.2) is 96.7 Å². The van der Waals surface area contributed by atoms with E-state index in [4.69, 9.17) is 37.0 Å². The van der Waals surface area contributed by atoms with Gasteiger partial charge in [0.2, 0.25) is 0 Å². The Bertz CT molecular complexity index is 1900. The highest BCUT2D eigenvalue weighted by molar-refractivity contribution is 7.47. The lowest BCUT2D eigenvalue weighted by Gasteiger charge is -2.21. The van der Waals surface area contributed by atoms with Crippen LogP contribution in [0.5, 0.6) is 0 Å². The van der Waals surface area contributed by atoms with E-state index < -0.39 is 97.5 Å². The zero-order chi connectivity index (χ0) is 71.7. The van der Waals surface area contributed by atoms with Crippen molar-refractivity contribution in [3.8, 4) is 0 Å². The van der Waals surface area contributed by atoms with Crippen LogP contribution < -0.4 is 0 Å². The van der Waals surface area contributed by atoms with Gasteiger partial charge in [0.1, 0.15) is 19.3 Å². The highest BCUT2D eigenvalue weighted by atomic mass is 31.2. The molecule has 0 bridgehead atoms. The third-order valence-corrected chi connectivity index (χ3v) is 20.3. The molecule has 0 saturated carbocycles. The summed E-state index contributed by atoms with van der Waals surface area (Å²) in [5, 5.41) is 10.6. The number of carbonyl (C=O) groups excluding carboxylic acids is 4. The first-order chi connectivity index (χ1) is 46.6. The van der Waals surface area contributed by atoms with Crippen LogP contribution >= 0.6 is 15.6 Å². The molecule has 0 fully saturated rings. The first-order valence-electron chi connectivity index (χ1n) is 40.2. The molecule has 0 heterocycles. The molecular formula is C78H152O17P2. The van der Waals surface area contributed by atoms with Gasteiger partial charge in [-0.2, -0.15) is 0 Å². The monoisotopic (exact) mass is 1420 g/mol. The van der Waals surface area contributed by atoms with Gasteiger partial charge in [0.15, 0.2) is 12.2 Å². The van der Waals surface area contributed by atoms with Crippen LogP contribution in [0.25, 0.3) is 0 Å². The molecule has 0 aliphatic heterocycles. The second kappa shape index (κ2) is 67.2. The smallest absolute Gasteiger partial charge is 0.462 e. The van der Waals surface area contributed by atoms with Gasteiger partial charge in [0.25, 0.3) is 0 Å². The molecule has 3 N–H and O–H groups in total. The number of phosphoric acid groups is 2. The molecule has 0 aliphatic carbocycles. The third kappa shape index (κ3) is 70.9. The number of ether oxygens (including phenoxy) is 4. The van der Waals surface area contributed by atoms with Crippen molar-refractivity contribution in [1.29, 1.82) is 0 Å². The summed E-state index contributed by atoms with van der Waals surface area (Å²) in [6, 6.07) is 0. The van der Waals surface area contributed by atoms with Gasteiger partial charge in [-0.25, -0.2) is 9.13 Å². The number of phosphoric ester groups is 2. The highest BCUT2D eigenvalue weighted by Crippen LogP contribution is 2.45. The van der Waals surface area contributed by atoms with E-state index in [-0.39, 0.29) is 25.7 Å². The van der Waals surface area contributed by atoms with Gasteiger partial charge >= 0.3 is 39.5 Å². The fourth-order valence-electron chi connectivity index (χ4n) is 11.9. The minimum absolute atomic E-state index is 0.106. The number of hydrogen-bond acceptors (Lipinski definition) is 15. The van der Waals surface area contributed by atoms with Crippen molar-refractivity contribution in [3.63, 3.8) is 0 Å². The molecule has 0 aromatic rings. The summed E-state index contributed by atoms with van der Waals surface area (Å²) in [4.78, 5) is 73.0. The number of aliphatic hydroxyl groups is 1. The molecular weight excluding hydrogens is 1270 g/mol. The normalized spacial score (nSPS) is 14.4. The van der Waals surface area contributed by atoms with Crippen LogP contribution in [0.2, 0.25) is 0 Å². The van der Waals surface area contributed by atoms with Crippen molar-refractivity contribution in [2.24, 2.45) is 23.7 Å². The summed E-state index contributed by atoms with van der Waals surface area (Å²) in [6.45, 7) is 14.3. The summed E-state index contributed by atoms with van der Waals surface area (Å²) < 4.78 is 68.6. The highest BCUT2D eigenvalue weighted by Gasteiger charge is 2.30. The van der Waals surface area contributed by atoms with Gasteiger partial charge in [-0.1, -0.05) is 344 Å². The Balaban J connectivity index is 5.28. The van der Waals surface area contributed by atoms with E-state index >= 15 is 0 Å². The van der Waals surface area contributed by atoms with Crippen molar-refractivity contribution >= 4 is 39.5 Å². The van der Waals surface area contributed by atoms with Crippen LogP contribution in [0, 0.1) is 23.7 Å². The van der Waals surface area contributed by atoms with Gasteiger partial charge in [-0.05, 0) is 49.4 Å². The van der Waals surface area contributed by atoms with Crippen LogP contribution in [-0.2, 0) is 65.4 Å². The van der Waals surface area contributed by atoms with Crippen molar-refractivity contribution in [2.45, 2.75) is 414 Å². The van der Waals surface area contributed by atoms with E-state index in [0.29, 0.717) is 25.7 Å². The fraction of sp³-hybridized carbons (Fsp3) is 0.949. The van der Waals surface area contributed by atoms with Crippen LogP contribution in [0.4, 0.5) is 0 Å². The topological polar surface area (TPSA) is 237 Å². The minimum Gasteiger partial charge on any atom is -0.462 e. The average molecular weight is 1420 g/mol. The largest absolute Gasteiger partial charge is 0.472 e. The first-order valence-corrected chi connectivity index (χ1v) is 43.2. The van der Waals surface area contributed by atoms with E-state index in [2.05, 4.69) is 55.4 Å². The number of rotatable bonds is 75. The molecule has 0 aliphatic rings. The maximum atomic E-state index is 13.1. The maximum absolute atomic E-state index is 13.1. The number of unbranched alkanes of at least 4 members (excludes halogenated alkanes) is 40. The zero-order valence-electron chi connectivity index (χ0n) is 63.7. The zero-order valence-corrected chi connectivity index (χ0v) is 65.5. The van der Waals surface area contributed by atoms with Gasteiger partial charge < -0.3 is 33.8 Å². The molecule has 0 saturated heterocycles. The molecule has 0 rings (SSSR count). The molecule has 19 heteroatoms. The lowest BCUT2D eigenvalue weighted by Crippen LogP contribution is -2.30. The molecule has 0 aromatic heterocycles. The van der Waals surface area contributed by atoms with Crippen molar-refractivity contribution in [2.75, 3.05) is 39.6 Å². The van der Waals surface area contributed by atoms with Gasteiger partial charge in [-0.3, -0.25) is 37.3 Å². The average Bonchev–Trinajstić information content (AvgIpc) is 1.50. The SMILES string of the molecule is CCC(C)CCCCCCCCCCC(=O)OC[C@H](COP(=O)(O)OC[C@H](O)COP(=O)(O)OC[C@@H](COC(=O)CCCCCCCCCCCCCCC(C)C)OC(=O)CCCCCCCCCCCCCCCC(C)C)OC(=O)CCCCCCCCCCCCCC(C)C. The molecule has 0 radical (unpaired) electrons.